The van der Waals surface area contributed by atoms with Crippen LogP contribution in [0.5, 0.6) is 11.5 Å². The summed E-state index contributed by atoms with van der Waals surface area (Å²) in [5.41, 5.74) is 0.655. The van der Waals surface area contributed by atoms with E-state index in [1.807, 2.05) is 6.92 Å². The van der Waals surface area contributed by atoms with E-state index < -0.39 is 0 Å². The molecule has 1 amide bonds. The first-order valence-electron chi connectivity index (χ1n) is 5.92. The summed E-state index contributed by atoms with van der Waals surface area (Å²) in [5, 5.41) is 11.5. The van der Waals surface area contributed by atoms with Crippen LogP contribution in [-0.2, 0) is 4.79 Å². The maximum atomic E-state index is 11.5. The Kier molecular flexibility index (Phi) is 6.00. The van der Waals surface area contributed by atoms with Gasteiger partial charge in [-0.15, -0.1) is 0 Å². The zero-order valence-electron chi connectivity index (χ0n) is 10.7. The molecule has 0 aliphatic heterocycles. The molecule has 100 valence electrons. The first kappa shape index (κ1) is 14.3. The van der Waals surface area contributed by atoms with Crippen LogP contribution in [0.2, 0.25) is 0 Å². The van der Waals surface area contributed by atoms with Crippen molar-refractivity contribution < 1.29 is 19.4 Å². The number of methoxy groups -OCH3 is 1. The number of hydrogen-bond acceptors (Lipinski definition) is 4. The van der Waals surface area contributed by atoms with Gasteiger partial charge in [-0.2, -0.15) is 0 Å². The fourth-order valence-corrected chi connectivity index (χ4v) is 1.47. The summed E-state index contributed by atoms with van der Waals surface area (Å²) in [7, 11) is 1.54. The second-order valence-electron chi connectivity index (χ2n) is 3.74. The lowest BCUT2D eigenvalue weighted by Crippen LogP contribution is -2.11. The summed E-state index contributed by atoms with van der Waals surface area (Å²) in [5.74, 6) is 1.04. The van der Waals surface area contributed by atoms with Crippen molar-refractivity contribution in [1.29, 1.82) is 0 Å². The fraction of sp³-hybridized carbons (Fsp3) is 0.462. The zero-order chi connectivity index (χ0) is 13.4. The number of aliphatic hydroxyl groups excluding tert-OH is 1. The molecule has 0 atom stereocenters. The molecule has 1 aromatic carbocycles. The normalized spacial score (nSPS) is 9.94. The number of nitrogens with one attached hydrogen (secondary N) is 1. The van der Waals surface area contributed by atoms with Gasteiger partial charge in [-0.05, 0) is 18.6 Å². The third kappa shape index (κ3) is 4.25. The van der Waals surface area contributed by atoms with Gasteiger partial charge in [0.2, 0.25) is 5.91 Å². The number of amides is 1. The number of anilines is 1. The van der Waals surface area contributed by atoms with Crippen LogP contribution in [0.15, 0.2) is 18.2 Å². The van der Waals surface area contributed by atoms with E-state index >= 15 is 0 Å². The van der Waals surface area contributed by atoms with Gasteiger partial charge in [0.15, 0.2) is 11.5 Å². The third-order valence-corrected chi connectivity index (χ3v) is 2.27. The molecule has 0 unspecified atom stereocenters. The van der Waals surface area contributed by atoms with Crippen LogP contribution < -0.4 is 14.8 Å². The zero-order valence-corrected chi connectivity index (χ0v) is 10.7. The van der Waals surface area contributed by atoms with Crippen molar-refractivity contribution in [3.63, 3.8) is 0 Å². The topological polar surface area (TPSA) is 67.8 Å². The van der Waals surface area contributed by atoms with Crippen LogP contribution in [0.4, 0.5) is 5.69 Å². The number of aliphatic hydroxyl groups is 1. The summed E-state index contributed by atoms with van der Waals surface area (Å²) < 4.78 is 10.5. The van der Waals surface area contributed by atoms with Crippen molar-refractivity contribution in [2.24, 2.45) is 0 Å². The van der Waals surface area contributed by atoms with E-state index in [0.717, 1.165) is 6.42 Å². The lowest BCUT2D eigenvalue weighted by molar-refractivity contribution is -0.116. The van der Waals surface area contributed by atoms with Crippen molar-refractivity contribution in [2.45, 2.75) is 19.8 Å². The van der Waals surface area contributed by atoms with E-state index in [-0.39, 0.29) is 19.1 Å². The standard InChI is InChI=1S/C13H19NO4/c1-3-4-13(16)14-10-5-6-11(17-2)12(9-10)18-8-7-15/h5-6,9,15H,3-4,7-8H2,1-2H3,(H,14,16). The lowest BCUT2D eigenvalue weighted by atomic mass is 10.2. The van der Waals surface area contributed by atoms with E-state index in [9.17, 15) is 4.79 Å². The average Bonchev–Trinajstić information content (AvgIpc) is 2.36. The second-order valence-corrected chi connectivity index (χ2v) is 3.74. The first-order chi connectivity index (χ1) is 8.71. The predicted octanol–water partition coefficient (Wildman–Crippen LogP) is 1.80. The van der Waals surface area contributed by atoms with E-state index in [1.54, 1.807) is 18.2 Å². The molecule has 0 saturated heterocycles. The van der Waals surface area contributed by atoms with E-state index in [4.69, 9.17) is 14.6 Å². The van der Waals surface area contributed by atoms with Gasteiger partial charge in [0.05, 0.1) is 13.7 Å². The highest BCUT2D eigenvalue weighted by Gasteiger charge is 2.07. The minimum Gasteiger partial charge on any atom is -0.493 e. The van der Waals surface area contributed by atoms with Gasteiger partial charge in [-0.3, -0.25) is 4.79 Å². The van der Waals surface area contributed by atoms with Gasteiger partial charge in [-0.1, -0.05) is 6.92 Å². The summed E-state index contributed by atoms with van der Waals surface area (Å²) in [6.45, 7) is 2.06. The highest BCUT2D eigenvalue weighted by atomic mass is 16.5. The third-order valence-electron chi connectivity index (χ3n) is 2.27. The maximum absolute atomic E-state index is 11.5. The van der Waals surface area contributed by atoms with Crippen molar-refractivity contribution in [1.82, 2.24) is 0 Å². The monoisotopic (exact) mass is 253 g/mol. The highest BCUT2D eigenvalue weighted by molar-refractivity contribution is 5.91. The van der Waals surface area contributed by atoms with E-state index in [0.29, 0.717) is 23.6 Å². The Morgan fingerprint density at radius 1 is 1.39 bits per heavy atom. The number of rotatable bonds is 7. The number of carbonyl (C=O) groups excluding carboxylic acids is 1. The van der Waals surface area contributed by atoms with Crippen LogP contribution in [0, 0.1) is 0 Å². The summed E-state index contributed by atoms with van der Waals surface area (Å²) in [6.07, 6.45) is 1.29. The summed E-state index contributed by atoms with van der Waals surface area (Å²) in [4.78, 5) is 11.5. The first-order valence-corrected chi connectivity index (χ1v) is 5.92. The molecular weight excluding hydrogens is 234 g/mol. The molecule has 1 rings (SSSR count). The van der Waals surface area contributed by atoms with E-state index in [1.165, 1.54) is 7.11 Å². The molecule has 1 aromatic rings. The quantitative estimate of drug-likeness (QED) is 0.777. The minimum atomic E-state index is -0.0738. The molecule has 0 aromatic heterocycles. The van der Waals surface area contributed by atoms with Crippen LogP contribution in [0.3, 0.4) is 0 Å². The molecule has 0 spiro atoms. The van der Waals surface area contributed by atoms with E-state index in [2.05, 4.69) is 5.32 Å². The fourth-order valence-electron chi connectivity index (χ4n) is 1.47. The van der Waals surface area contributed by atoms with Crippen molar-refractivity contribution in [3.8, 4) is 11.5 Å². The van der Waals surface area contributed by atoms with Crippen molar-refractivity contribution in [2.75, 3.05) is 25.6 Å². The Labute approximate surface area is 107 Å². The van der Waals surface area contributed by atoms with Gasteiger partial charge in [0.1, 0.15) is 6.61 Å². The Bertz CT molecular complexity index is 393. The number of ether oxygens (including phenoxy) is 2. The molecule has 18 heavy (non-hydrogen) atoms. The second kappa shape index (κ2) is 7.55. The van der Waals surface area contributed by atoms with Crippen LogP contribution in [0.25, 0.3) is 0 Å². The SMILES string of the molecule is CCCC(=O)Nc1ccc(OC)c(OCCO)c1. The van der Waals surface area contributed by atoms with Gasteiger partial charge < -0.3 is 19.9 Å². The molecule has 0 heterocycles. The molecule has 0 aliphatic carbocycles. The largest absolute Gasteiger partial charge is 0.493 e. The Balaban J connectivity index is 2.78. The van der Waals surface area contributed by atoms with Crippen LogP contribution >= 0.6 is 0 Å². The van der Waals surface area contributed by atoms with Gasteiger partial charge >= 0.3 is 0 Å². The Hall–Kier alpha value is -1.75. The molecule has 0 bridgehead atoms. The minimum absolute atomic E-state index is 0.0317. The van der Waals surface area contributed by atoms with Crippen LogP contribution in [0.1, 0.15) is 19.8 Å². The van der Waals surface area contributed by atoms with Gasteiger partial charge in [-0.25, -0.2) is 0 Å². The number of hydrogen-bond donors (Lipinski definition) is 2. The summed E-state index contributed by atoms with van der Waals surface area (Å²) >= 11 is 0. The van der Waals surface area contributed by atoms with Crippen molar-refractivity contribution >= 4 is 11.6 Å². The number of benzene rings is 1. The summed E-state index contributed by atoms with van der Waals surface area (Å²) in [6, 6.07) is 5.15. The Morgan fingerprint density at radius 3 is 2.78 bits per heavy atom. The van der Waals surface area contributed by atoms with Gasteiger partial charge in [0, 0.05) is 18.2 Å². The molecule has 0 fully saturated rings. The van der Waals surface area contributed by atoms with Crippen molar-refractivity contribution in [3.05, 3.63) is 18.2 Å². The maximum Gasteiger partial charge on any atom is 0.224 e. The average molecular weight is 253 g/mol. The molecule has 0 saturated carbocycles. The molecular formula is C13H19NO4. The molecule has 0 aliphatic rings. The van der Waals surface area contributed by atoms with Crippen LogP contribution in [-0.4, -0.2) is 31.3 Å². The molecule has 5 nitrogen and oxygen atoms in total. The highest BCUT2D eigenvalue weighted by Crippen LogP contribution is 2.30. The van der Waals surface area contributed by atoms with Gasteiger partial charge in [0.25, 0.3) is 0 Å². The molecule has 5 heteroatoms. The number of carbonyl (C=O) groups is 1. The smallest absolute Gasteiger partial charge is 0.224 e. The predicted molar refractivity (Wildman–Crippen MR) is 69.1 cm³/mol. The Morgan fingerprint density at radius 2 is 2.17 bits per heavy atom. The molecule has 2 N–H and O–H groups in total. The molecule has 0 radical (unpaired) electrons. The lowest BCUT2D eigenvalue weighted by Gasteiger charge is -2.12.